The van der Waals surface area contributed by atoms with Crippen molar-refractivity contribution in [1.82, 2.24) is 20.4 Å². The van der Waals surface area contributed by atoms with E-state index in [1.807, 2.05) is 0 Å². The molecule has 8 nitrogen and oxygen atoms in total. The Labute approximate surface area is 150 Å². The Morgan fingerprint density at radius 2 is 2.08 bits per heavy atom. The molecular formula is C18H21N5O3. The second-order valence-electron chi connectivity index (χ2n) is 6.40. The van der Waals surface area contributed by atoms with Gasteiger partial charge in [-0.2, -0.15) is 5.10 Å². The minimum Gasteiger partial charge on any atom is -0.378 e. The predicted molar refractivity (Wildman–Crippen MR) is 95.1 cm³/mol. The summed E-state index contributed by atoms with van der Waals surface area (Å²) in [5.41, 5.74) is 3.45. The van der Waals surface area contributed by atoms with Gasteiger partial charge in [-0.05, 0) is 18.2 Å². The average Bonchev–Trinajstić information content (AvgIpc) is 3.12. The molecular weight excluding hydrogens is 334 g/mol. The molecule has 136 valence electrons. The molecule has 0 bridgehead atoms. The molecule has 4 rings (SSSR count). The van der Waals surface area contributed by atoms with Crippen LogP contribution in [0.5, 0.6) is 0 Å². The molecule has 3 N–H and O–H groups in total. The van der Waals surface area contributed by atoms with Crippen LogP contribution in [0.15, 0.2) is 24.3 Å². The number of hydrogen-bond acceptors (Lipinski definition) is 5. The number of aromatic amines is 1. The Bertz CT molecular complexity index is 826. The summed E-state index contributed by atoms with van der Waals surface area (Å²) in [5.74, 6) is -0.326. The van der Waals surface area contributed by atoms with Crippen molar-refractivity contribution in [2.45, 2.75) is 13.0 Å². The maximum Gasteiger partial charge on any atom is 0.276 e. The van der Waals surface area contributed by atoms with E-state index in [-0.39, 0.29) is 11.8 Å². The molecule has 1 aromatic heterocycles. The zero-order chi connectivity index (χ0) is 17.9. The van der Waals surface area contributed by atoms with Crippen LogP contribution >= 0.6 is 0 Å². The van der Waals surface area contributed by atoms with Crippen molar-refractivity contribution in [1.29, 1.82) is 0 Å². The van der Waals surface area contributed by atoms with E-state index in [4.69, 9.17) is 4.74 Å². The van der Waals surface area contributed by atoms with Gasteiger partial charge in [-0.3, -0.25) is 14.7 Å². The van der Waals surface area contributed by atoms with Gasteiger partial charge in [-0.15, -0.1) is 0 Å². The van der Waals surface area contributed by atoms with Crippen LogP contribution in [0.4, 0.5) is 5.69 Å². The lowest BCUT2D eigenvalue weighted by Crippen LogP contribution is -2.40. The van der Waals surface area contributed by atoms with Crippen molar-refractivity contribution in [2.75, 3.05) is 38.2 Å². The first-order valence-corrected chi connectivity index (χ1v) is 8.77. The van der Waals surface area contributed by atoms with Crippen molar-refractivity contribution >= 4 is 17.5 Å². The molecule has 0 unspecified atom stereocenters. The maximum absolute atomic E-state index is 12.6. The lowest BCUT2D eigenvalue weighted by Gasteiger charge is -2.27. The first kappa shape index (κ1) is 16.7. The predicted octanol–water partition coefficient (Wildman–Crippen LogP) is 0.780. The molecule has 2 aliphatic rings. The number of benzene rings is 1. The number of nitrogens with one attached hydrogen (secondary N) is 3. The highest BCUT2D eigenvalue weighted by Gasteiger charge is 2.22. The summed E-state index contributed by atoms with van der Waals surface area (Å²) in [4.78, 5) is 27.0. The highest BCUT2D eigenvalue weighted by molar-refractivity contribution is 6.05. The van der Waals surface area contributed by atoms with Crippen molar-refractivity contribution in [3.63, 3.8) is 0 Å². The van der Waals surface area contributed by atoms with Crippen LogP contribution in [0, 0.1) is 0 Å². The summed E-state index contributed by atoms with van der Waals surface area (Å²) < 4.78 is 5.28. The van der Waals surface area contributed by atoms with E-state index in [1.54, 1.807) is 29.2 Å². The largest absolute Gasteiger partial charge is 0.378 e. The molecule has 3 heterocycles. The molecule has 0 aliphatic carbocycles. The van der Waals surface area contributed by atoms with Crippen molar-refractivity contribution in [3.8, 4) is 0 Å². The van der Waals surface area contributed by atoms with Gasteiger partial charge < -0.3 is 20.3 Å². The highest BCUT2D eigenvalue weighted by atomic mass is 16.5. The third-order valence-corrected chi connectivity index (χ3v) is 4.69. The second kappa shape index (κ2) is 7.27. The van der Waals surface area contributed by atoms with Crippen LogP contribution in [0.1, 0.15) is 32.1 Å². The number of ether oxygens (including phenoxy) is 1. The third kappa shape index (κ3) is 3.33. The number of amides is 2. The molecule has 2 aliphatic heterocycles. The Morgan fingerprint density at radius 1 is 1.23 bits per heavy atom. The summed E-state index contributed by atoms with van der Waals surface area (Å²) in [6.07, 6.45) is 0.832. The molecule has 0 atom stereocenters. The minimum atomic E-state index is -0.276. The van der Waals surface area contributed by atoms with Gasteiger partial charge in [0, 0.05) is 55.1 Å². The Kier molecular flexibility index (Phi) is 4.68. The normalized spacial score (nSPS) is 16.8. The van der Waals surface area contributed by atoms with Gasteiger partial charge in [0.25, 0.3) is 11.8 Å². The van der Waals surface area contributed by atoms with Gasteiger partial charge in [-0.25, -0.2) is 0 Å². The summed E-state index contributed by atoms with van der Waals surface area (Å²) >= 11 is 0. The number of fused-ring (bicyclic) bond motifs is 1. The quantitative estimate of drug-likeness (QED) is 0.756. The van der Waals surface area contributed by atoms with Crippen LogP contribution < -0.4 is 10.6 Å². The zero-order valence-electron chi connectivity index (χ0n) is 14.4. The number of nitrogens with zero attached hydrogens (tertiary/aromatic N) is 2. The summed E-state index contributed by atoms with van der Waals surface area (Å²) in [6, 6.07) is 7.00. The smallest absolute Gasteiger partial charge is 0.276 e. The van der Waals surface area contributed by atoms with E-state index in [2.05, 4.69) is 20.8 Å². The monoisotopic (exact) mass is 355 g/mol. The van der Waals surface area contributed by atoms with Crippen LogP contribution in [0.2, 0.25) is 0 Å². The van der Waals surface area contributed by atoms with E-state index in [0.29, 0.717) is 49.8 Å². The molecule has 26 heavy (non-hydrogen) atoms. The van der Waals surface area contributed by atoms with E-state index in [1.165, 1.54) is 0 Å². The Balaban J connectivity index is 1.49. The summed E-state index contributed by atoms with van der Waals surface area (Å²) in [5, 5.41) is 13.2. The maximum atomic E-state index is 12.6. The number of anilines is 1. The van der Waals surface area contributed by atoms with Gasteiger partial charge in [0.05, 0.1) is 13.2 Å². The summed E-state index contributed by atoms with van der Waals surface area (Å²) in [6.45, 7) is 3.79. The van der Waals surface area contributed by atoms with E-state index < -0.39 is 0 Å². The van der Waals surface area contributed by atoms with Gasteiger partial charge in [-0.1, -0.05) is 6.07 Å². The second-order valence-corrected chi connectivity index (χ2v) is 6.40. The lowest BCUT2D eigenvalue weighted by molar-refractivity contribution is 0.0303. The molecule has 0 spiro atoms. The molecule has 8 heteroatoms. The number of carbonyl (C=O) groups excluding carboxylic acids is 2. The van der Waals surface area contributed by atoms with Crippen LogP contribution in [-0.4, -0.2) is 59.8 Å². The SMILES string of the molecule is O=C(Nc1cccc(C(=O)N2CCOCC2)c1)c1n[nH]c2c1CNCC2. The highest BCUT2D eigenvalue weighted by Crippen LogP contribution is 2.18. The molecule has 0 radical (unpaired) electrons. The number of rotatable bonds is 3. The van der Waals surface area contributed by atoms with Gasteiger partial charge in [0.2, 0.25) is 0 Å². The van der Waals surface area contributed by atoms with Crippen molar-refractivity contribution in [3.05, 3.63) is 46.8 Å². The summed E-state index contributed by atoms with van der Waals surface area (Å²) in [7, 11) is 0. The van der Waals surface area contributed by atoms with Crippen LogP contribution in [-0.2, 0) is 17.7 Å². The van der Waals surface area contributed by atoms with E-state index in [0.717, 1.165) is 24.2 Å². The molecule has 0 saturated carbocycles. The molecule has 1 saturated heterocycles. The number of hydrogen-bond donors (Lipinski definition) is 3. The van der Waals surface area contributed by atoms with Crippen molar-refractivity contribution < 1.29 is 14.3 Å². The zero-order valence-corrected chi connectivity index (χ0v) is 14.4. The van der Waals surface area contributed by atoms with E-state index >= 15 is 0 Å². The van der Waals surface area contributed by atoms with Gasteiger partial charge in [0.1, 0.15) is 0 Å². The molecule has 2 amide bonds. The standard InChI is InChI=1S/C18H21N5O3/c24-17(16-14-11-19-5-4-15(14)21-22-16)20-13-3-1-2-12(10-13)18(25)23-6-8-26-9-7-23/h1-3,10,19H,4-9,11H2,(H,20,24)(H,21,22). The fourth-order valence-corrected chi connectivity index (χ4v) is 3.28. The molecule has 1 aromatic carbocycles. The van der Waals surface area contributed by atoms with Crippen LogP contribution in [0.25, 0.3) is 0 Å². The number of carbonyl (C=O) groups is 2. The van der Waals surface area contributed by atoms with E-state index in [9.17, 15) is 9.59 Å². The number of H-pyrrole nitrogens is 1. The first-order chi connectivity index (χ1) is 12.7. The number of morpholine rings is 1. The van der Waals surface area contributed by atoms with Gasteiger partial charge >= 0.3 is 0 Å². The first-order valence-electron chi connectivity index (χ1n) is 8.77. The molecule has 1 fully saturated rings. The fourth-order valence-electron chi connectivity index (χ4n) is 3.28. The average molecular weight is 355 g/mol. The topological polar surface area (TPSA) is 99.3 Å². The lowest BCUT2D eigenvalue weighted by atomic mass is 10.1. The van der Waals surface area contributed by atoms with Gasteiger partial charge in [0.15, 0.2) is 5.69 Å². The fraction of sp³-hybridized carbons (Fsp3) is 0.389. The third-order valence-electron chi connectivity index (χ3n) is 4.69. The number of aromatic nitrogens is 2. The van der Waals surface area contributed by atoms with Crippen LogP contribution in [0.3, 0.4) is 0 Å². The Hall–Kier alpha value is -2.71. The van der Waals surface area contributed by atoms with Crippen molar-refractivity contribution in [2.24, 2.45) is 0 Å². The molecule has 2 aromatic rings. The Morgan fingerprint density at radius 3 is 2.92 bits per heavy atom. The minimum absolute atomic E-state index is 0.0502.